The van der Waals surface area contributed by atoms with Crippen LogP contribution in [0.1, 0.15) is 19.3 Å². The van der Waals surface area contributed by atoms with Gasteiger partial charge in [0.15, 0.2) is 0 Å². The van der Waals surface area contributed by atoms with Gasteiger partial charge in [-0.05, 0) is 25.9 Å². The standard InChI is InChI=1S/C5H11N.Cu/c1-2-4-6-5-3-1;/h6H,1-5H2;/q;+2. The Bertz CT molecular complexity index is 23.6. The molecule has 1 heterocycles. The Morgan fingerprint density at radius 2 is 1.43 bits per heavy atom. The molecule has 1 nitrogen and oxygen atoms in total. The average Bonchev–Trinajstić information content (AvgIpc) is 1.72. The van der Waals surface area contributed by atoms with Gasteiger partial charge in [0.25, 0.3) is 0 Å². The van der Waals surface area contributed by atoms with Crippen molar-refractivity contribution in [2.24, 2.45) is 0 Å². The topological polar surface area (TPSA) is 12.0 Å². The van der Waals surface area contributed by atoms with Crippen LogP contribution in [0.2, 0.25) is 0 Å². The zero-order chi connectivity index (χ0) is 4.24. The van der Waals surface area contributed by atoms with Crippen molar-refractivity contribution in [2.75, 3.05) is 13.1 Å². The van der Waals surface area contributed by atoms with Crippen LogP contribution in [-0.2, 0) is 17.1 Å². The summed E-state index contributed by atoms with van der Waals surface area (Å²) in [5.41, 5.74) is 0. The monoisotopic (exact) mass is 148 g/mol. The molecule has 0 aromatic rings. The summed E-state index contributed by atoms with van der Waals surface area (Å²) in [7, 11) is 0. The molecular formula is C5H11CuN+2. The SMILES string of the molecule is C1CCNCC1.[Cu+2]. The molecule has 0 saturated carbocycles. The van der Waals surface area contributed by atoms with E-state index in [1.54, 1.807) is 0 Å². The third kappa shape index (κ3) is 3.10. The van der Waals surface area contributed by atoms with E-state index in [0.29, 0.717) is 0 Å². The molecule has 0 aliphatic carbocycles. The van der Waals surface area contributed by atoms with Crippen LogP contribution in [0.3, 0.4) is 0 Å². The molecule has 45 valence electrons. The van der Waals surface area contributed by atoms with Crippen LogP contribution in [0.15, 0.2) is 0 Å². The van der Waals surface area contributed by atoms with Crippen molar-refractivity contribution >= 4 is 0 Å². The first-order valence-electron chi connectivity index (χ1n) is 2.71. The Labute approximate surface area is 55.3 Å². The molecule has 1 fully saturated rings. The summed E-state index contributed by atoms with van der Waals surface area (Å²) in [6, 6.07) is 0. The Kier molecular flexibility index (Phi) is 4.95. The van der Waals surface area contributed by atoms with Gasteiger partial charge in [0.05, 0.1) is 0 Å². The van der Waals surface area contributed by atoms with E-state index in [2.05, 4.69) is 5.32 Å². The van der Waals surface area contributed by atoms with Gasteiger partial charge in [-0.15, -0.1) is 0 Å². The van der Waals surface area contributed by atoms with Crippen LogP contribution in [0.4, 0.5) is 0 Å². The van der Waals surface area contributed by atoms with Gasteiger partial charge in [0.2, 0.25) is 0 Å². The second-order valence-corrected chi connectivity index (χ2v) is 1.81. The van der Waals surface area contributed by atoms with Gasteiger partial charge < -0.3 is 5.32 Å². The van der Waals surface area contributed by atoms with Gasteiger partial charge >= 0.3 is 17.1 Å². The van der Waals surface area contributed by atoms with Crippen molar-refractivity contribution in [3.63, 3.8) is 0 Å². The Balaban J connectivity index is 0.000000360. The van der Waals surface area contributed by atoms with Gasteiger partial charge in [0, 0.05) is 0 Å². The van der Waals surface area contributed by atoms with Crippen LogP contribution in [0.25, 0.3) is 0 Å². The fourth-order valence-electron chi connectivity index (χ4n) is 0.802. The second-order valence-electron chi connectivity index (χ2n) is 1.81. The van der Waals surface area contributed by atoms with E-state index in [9.17, 15) is 0 Å². The van der Waals surface area contributed by atoms with Crippen LogP contribution < -0.4 is 5.32 Å². The van der Waals surface area contributed by atoms with Gasteiger partial charge in [-0.25, -0.2) is 0 Å². The third-order valence-corrected chi connectivity index (χ3v) is 1.21. The van der Waals surface area contributed by atoms with E-state index in [1.807, 2.05) is 0 Å². The van der Waals surface area contributed by atoms with E-state index in [-0.39, 0.29) is 17.1 Å². The van der Waals surface area contributed by atoms with Crippen molar-refractivity contribution in [1.82, 2.24) is 5.32 Å². The van der Waals surface area contributed by atoms with Crippen molar-refractivity contribution in [3.05, 3.63) is 0 Å². The normalized spacial score (nSPS) is 20.6. The van der Waals surface area contributed by atoms with E-state index < -0.39 is 0 Å². The van der Waals surface area contributed by atoms with E-state index in [4.69, 9.17) is 0 Å². The molecule has 1 aliphatic heterocycles. The Morgan fingerprint density at radius 1 is 0.857 bits per heavy atom. The minimum absolute atomic E-state index is 0. The molecule has 1 radical (unpaired) electrons. The van der Waals surface area contributed by atoms with Gasteiger partial charge in [-0.2, -0.15) is 0 Å². The second kappa shape index (κ2) is 4.63. The molecule has 1 saturated heterocycles. The van der Waals surface area contributed by atoms with Crippen LogP contribution in [0.5, 0.6) is 0 Å². The summed E-state index contributed by atoms with van der Waals surface area (Å²) in [4.78, 5) is 0. The quantitative estimate of drug-likeness (QED) is 0.501. The third-order valence-electron chi connectivity index (χ3n) is 1.21. The fourth-order valence-corrected chi connectivity index (χ4v) is 0.802. The number of hydrogen-bond acceptors (Lipinski definition) is 1. The molecule has 7 heavy (non-hydrogen) atoms. The van der Waals surface area contributed by atoms with Gasteiger partial charge in [-0.3, -0.25) is 0 Å². The smallest absolute Gasteiger partial charge is 0.317 e. The predicted molar refractivity (Wildman–Crippen MR) is 26.7 cm³/mol. The van der Waals surface area contributed by atoms with Crippen molar-refractivity contribution in [1.29, 1.82) is 0 Å². The van der Waals surface area contributed by atoms with E-state index in [1.165, 1.54) is 32.4 Å². The van der Waals surface area contributed by atoms with Crippen LogP contribution in [-0.4, -0.2) is 13.1 Å². The largest absolute Gasteiger partial charge is 2.00 e. The van der Waals surface area contributed by atoms with Gasteiger partial charge in [0.1, 0.15) is 0 Å². The molecule has 0 atom stereocenters. The maximum Gasteiger partial charge on any atom is 2.00 e. The van der Waals surface area contributed by atoms with E-state index >= 15 is 0 Å². The van der Waals surface area contributed by atoms with Crippen LogP contribution in [0, 0.1) is 0 Å². The summed E-state index contributed by atoms with van der Waals surface area (Å²) >= 11 is 0. The van der Waals surface area contributed by atoms with Crippen molar-refractivity contribution in [3.8, 4) is 0 Å². The number of piperidine rings is 1. The molecule has 0 spiro atoms. The first kappa shape index (κ1) is 7.48. The molecule has 1 aliphatic rings. The summed E-state index contributed by atoms with van der Waals surface area (Å²) < 4.78 is 0. The summed E-state index contributed by atoms with van der Waals surface area (Å²) in [6.07, 6.45) is 4.22. The molecule has 2 heteroatoms. The first-order valence-corrected chi connectivity index (χ1v) is 2.71. The summed E-state index contributed by atoms with van der Waals surface area (Å²) in [5.74, 6) is 0. The van der Waals surface area contributed by atoms with E-state index in [0.717, 1.165) is 0 Å². The number of rotatable bonds is 0. The Morgan fingerprint density at radius 3 is 1.57 bits per heavy atom. The maximum atomic E-state index is 3.28. The molecule has 0 bridgehead atoms. The maximum absolute atomic E-state index is 3.28. The molecular weight excluding hydrogens is 138 g/mol. The molecule has 0 aromatic heterocycles. The molecule has 0 aromatic carbocycles. The number of nitrogens with one attached hydrogen (secondary N) is 1. The summed E-state index contributed by atoms with van der Waals surface area (Å²) in [6.45, 7) is 2.50. The van der Waals surface area contributed by atoms with Gasteiger partial charge in [-0.1, -0.05) is 6.42 Å². The first-order chi connectivity index (χ1) is 3.00. The van der Waals surface area contributed by atoms with Crippen molar-refractivity contribution < 1.29 is 17.1 Å². The predicted octanol–water partition coefficient (Wildman–Crippen LogP) is 0.757. The minimum Gasteiger partial charge on any atom is -0.317 e. The molecule has 1 N–H and O–H groups in total. The zero-order valence-electron chi connectivity index (χ0n) is 4.34. The average molecular weight is 149 g/mol. The minimum atomic E-state index is 0. The molecule has 0 unspecified atom stereocenters. The number of hydrogen-bond donors (Lipinski definition) is 1. The summed E-state index contributed by atoms with van der Waals surface area (Å²) in [5, 5.41) is 3.28. The van der Waals surface area contributed by atoms with Crippen LogP contribution >= 0.6 is 0 Å². The Hall–Kier alpha value is 0.479. The molecule has 1 rings (SSSR count). The zero-order valence-corrected chi connectivity index (χ0v) is 5.28. The molecule has 0 amide bonds. The van der Waals surface area contributed by atoms with Crippen molar-refractivity contribution in [2.45, 2.75) is 19.3 Å². The fraction of sp³-hybridized carbons (Fsp3) is 1.00.